The molecule has 2 rings (SSSR count). The predicted molar refractivity (Wildman–Crippen MR) is 79.3 cm³/mol. The second-order valence-corrected chi connectivity index (χ2v) is 5.25. The molecule has 2 N–H and O–H groups in total. The summed E-state index contributed by atoms with van der Waals surface area (Å²) in [6.07, 6.45) is 0.637. The van der Waals surface area contributed by atoms with Crippen molar-refractivity contribution in [1.82, 2.24) is 0 Å². The minimum atomic E-state index is -0.289. The van der Waals surface area contributed by atoms with Gasteiger partial charge in [-0.15, -0.1) is 0 Å². The van der Waals surface area contributed by atoms with Crippen LogP contribution in [0.3, 0.4) is 0 Å². The molecule has 0 bridgehead atoms. The highest BCUT2D eigenvalue weighted by Gasteiger charge is 2.05. The fraction of sp³-hybridized carbons (Fsp3) is 0.294. The maximum Gasteiger partial charge on any atom is 0.127 e. The fourth-order valence-corrected chi connectivity index (χ4v) is 2.16. The van der Waals surface area contributed by atoms with Crippen LogP contribution in [-0.2, 0) is 13.0 Å². The number of nitrogens with two attached hydrogens (primary N) is 1. The lowest BCUT2D eigenvalue weighted by Gasteiger charge is -2.10. The Labute approximate surface area is 119 Å². The first-order chi connectivity index (χ1) is 9.52. The molecule has 1 unspecified atom stereocenters. The summed E-state index contributed by atoms with van der Waals surface area (Å²) in [6, 6.07) is 12.8. The Kier molecular flexibility index (Phi) is 4.74. The number of ether oxygens (including phenoxy) is 1. The molecule has 0 aromatic heterocycles. The van der Waals surface area contributed by atoms with Crippen molar-refractivity contribution in [3.8, 4) is 5.75 Å². The molecule has 2 aromatic carbocycles. The van der Waals surface area contributed by atoms with Crippen LogP contribution >= 0.6 is 0 Å². The van der Waals surface area contributed by atoms with Gasteiger partial charge in [0, 0.05) is 12.1 Å². The van der Waals surface area contributed by atoms with E-state index in [4.69, 9.17) is 10.5 Å². The molecule has 0 aliphatic rings. The molecule has 0 fully saturated rings. The first kappa shape index (κ1) is 14.5. The zero-order valence-electron chi connectivity index (χ0n) is 11.9. The van der Waals surface area contributed by atoms with Gasteiger partial charge in [-0.05, 0) is 43.5 Å². The Morgan fingerprint density at radius 1 is 1.15 bits per heavy atom. The van der Waals surface area contributed by atoms with Crippen molar-refractivity contribution in [1.29, 1.82) is 0 Å². The average Bonchev–Trinajstić information content (AvgIpc) is 2.35. The predicted octanol–water partition coefficient (Wildman–Crippen LogP) is 3.60. The zero-order valence-corrected chi connectivity index (χ0v) is 11.9. The summed E-state index contributed by atoms with van der Waals surface area (Å²) < 4.78 is 19.2. The molecular formula is C17H20FNO. The van der Waals surface area contributed by atoms with Gasteiger partial charge in [0.05, 0.1) is 0 Å². The van der Waals surface area contributed by atoms with Gasteiger partial charge in [-0.3, -0.25) is 0 Å². The molecule has 1 atom stereocenters. The summed E-state index contributed by atoms with van der Waals surface area (Å²) in [4.78, 5) is 0. The van der Waals surface area contributed by atoms with E-state index in [1.807, 2.05) is 38.1 Å². The number of aryl methyl sites for hydroxylation is 1. The van der Waals surface area contributed by atoms with Gasteiger partial charge in [-0.2, -0.15) is 0 Å². The molecular weight excluding hydrogens is 253 g/mol. The van der Waals surface area contributed by atoms with E-state index in [0.717, 1.165) is 11.1 Å². The number of hydrogen-bond acceptors (Lipinski definition) is 2. The van der Waals surface area contributed by atoms with E-state index in [0.29, 0.717) is 18.8 Å². The lowest BCUT2D eigenvalue weighted by Crippen LogP contribution is -2.17. The molecule has 0 saturated heterocycles. The van der Waals surface area contributed by atoms with Crippen LogP contribution in [0.5, 0.6) is 5.75 Å². The van der Waals surface area contributed by atoms with Crippen molar-refractivity contribution in [2.75, 3.05) is 0 Å². The topological polar surface area (TPSA) is 35.2 Å². The van der Waals surface area contributed by atoms with Crippen LogP contribution < -0.4 is 10.5 Å². The van der Waals surface area contributed by atoms with Crippen LogP contribution in [0.2, 0.25) is 0 Å². The van der Waals surface area contributed by atoms with Crippen LogP contribution in [0.4, 0.5) is 4.39 Å². The monoisotopic (exact) mass is 273 g/mol. The zero-order chi connectivity index (χ0) is 14.5. The van der Waals surface area contributed by atoms with E-state index in [-0.39, 0.29) is 11.9 Å². The first-order valence-corrected chi connectivity index (χ1v) is 6.76. The van der Waals surface area contributed by atoms with E-state index in [1.165, 1.54) is 17.7 Å². The van der Waals surface area contributed by atoms with Crippen LogP contribution in [-0.4, -0.2) is 6.04 Å². The standard InChI is InChI=1S/C17H20FNO/c1-12-4-3-5-14(6-12)11-20-17-9-15(7-13(2)19)8-16(18)10-17/h3-6,8-10,13H,7,11,19H2,1-2H3. The summed E-state index contributed by atoms with van der Waals surface area (Å²) in [7, 11) is 0. The molecule has 0 radical (unpaired) electrons. The van der Waals surface area contributed by atoms with E-state index >= 15 is 0 Å². The van der Waals surface area contributed by atoms with Crippen molar-refractivity contribution in [3.63, 3.8) is 0 Å². The minimum Gasteiger partial charge on any atom is -0.489 e. The van der Waals surface area contributed by atoms with Crippen LogP contribution in [0.25, 0.3) is 0 Å². The molecule has 2 nitrogen and oxygen atoms in total. The molecule has 0 aliphatic carbocycles. The Balaban J connectivity index is 2.07. The highest BCUT2D eigenvalue weighted by atomic mass is 19.1. The van der Waals surface area contributed by atoms with E-state index in [1.54, 1.807) is 0 Å². The maximum atomic E-state index is 13.5. The smallest absolute Gasteiger partial charge is 0.127 e. The Morgan fingerprint density at radius 2 is 1.95 bits per heavy atom. The normalized spacial score (nSPS) is 12.2. The highest BCUT2D eigenvalue weighted by molar-refractivity contribution is 5.31. The molecule has 2 aromatic rings. The van der Waals surface area contributed by atoms with Gasteiger partial charge in [0.1, 0.15) is 18.2 Å². The van der Waals surface area contributed by atoms with E-state index in [2.05, 4.69) is 6.07 Å². The molecule has 0 spiro atoms. The van der Waals surface area contributed by atoms with E-state index in [9.17, 15) is 4.39 Å². The summed E-state index contributed by atoms with van der Waals surface area (Å²) in [5.74, 6) is 0.254. The molecule has 0 saturated carbocycles. The van der Waals surface area contributed by atoms with Gasteiger partial charge in [-0.1, -0.05) is 29.8 Å². The first-order valence-electron chi connectivity index (χ1n) is 6.76. The maximum absolute atomic E-state index is 13.5. The summed E-state index contributed by atoms with van der Waals surface area (Å²) >= 11 is 0. The third kappa shape index (κ3) is 4.35. The Morgan fingerprint density at radius 3 is 2.65 bits per heavy atom. The summed E-state index contributed by atoms with van der Waals surface area (Å²) in [5.41, 5.74) is 8.86. The number of hydrogen-bond donors (Lipinski definition) is 1. The second kappa shape index (κ2) is 6.53. The van der Waals surface area contributed by atoms with Crippen LogP contribution in [0.15, 0.2) is 42.5 Å². The summed E-state index contributed by atoms with van der Waals surface area (Å²) in [5, 5.41) is 0. The Hall–Kier alpha value is -1.87. The molecule has 106 valence electrons. The SMILES string of the molecule is Cc1cccc(COc2cc(F)cc(CC(C)N)c2)c1. The van der Waals surface area contributed by atoms with Crippen molar-refractivity contribution in [2.24, 2.45) is 5.73 Å². The van der Waals surface area contributed by atoms with Crippen LogP contribution in [0, 0.1) is 12.7 Å². The van der Waals surface area contributed by atoms with Crippen molar-refractivity contribution >= 4 is 0 Å². The van der Waals surface area contributed by atoms with Crippen molar-refractivity contribution in [2.45, 2.75) is 32.9 Å². The quantitative estimate of drug-likeness (QED) is 0.903. The minimum absolute atomic E-state index is 0.00132. The molecule has 0 heterocycles. The third-order valence-electron chi connectivity index (χ3n) is 2.98. The van der Waals surface area contributed by atoms with Gasteiger partial charge < -0.3 is 10.5 Å². The fourth-order valence-electron chi connectivity index (χ4n) is 2.16. The second-order valence-electron chi connectivity index (χ2n) is 5.25. The van der Waals surface area contributed by atoms with Crippen LogP contribution in [0.1, 0.15) is 23.6 Å². The van der Waals surface area contributed by atoms with Gasteiger partial charge in [0.2, 0.25) is 0 Å². The number of rotatable bonds is 5. The molecule has 20 heavy (non-hydrogen) atoms. The molecule has 0 amide bonds. The van der Waals surface area contributed by atoms with Crippen molar-refractivity contribution < 1.29 is 9.13 Å². The third-order valence-corrected chi connectivity index (χ3v) is 2.98. The van der Waals surface area contributed by atoms with E-state index < -0.39 is 0 Å². The van der Waals surface area contributed by atoms with Gasteiger partial charge in [-0.25, -0.2) is 4.39 Å². The lowest BCUT2D eigenvalue weighted by molar-refractivity contribution is 0.304. The molecule has 0 aliphatic heterocycles. The molecule has 3 heteroatoms. The van der Waals surface area contributed by atoms with Gasteiger partial charge in [0.15, 0.2) is 0 Å². The van der Waals surface area contributed by atoms with Gasteiger partial charge in [0.25, 0.3) is 0 Å². The average molecular weight is 273 g/mol. The number of halogens is 1. The summed E-state index contributed by atoms with van der Waals surface area (Å²) in [6.45, 7) is 4.37. The number of benzene rings is 2. The van der Waals surface area contributed by atoms with Gasteiger partial charge >= 0.3 is 0 Å². The largest absolute Gasteiger partial charge is 0.489 e. The van der Waals surface area contributed by atoms with Crippen molar-refractivity contribution in [3.05, 3.63) is 65.0 Å². The Bertz CT molecular complexity index is 581. The highest BCUT2D eigenvalue weighted by Crippen LogP contribution is 2.19. The lowest BCUT2D eigenvalue weighted by atomic mass is 10.1.